The molecule has 0 fully saturated rings. The first-order chi connectivity index (χ1) is 6.38. The molecular formula is C10H13NO2. The van der Waals surface area contributed by atoms with Crippen LogP contribution >= 0.6 is 0 Å². The van der Waals surface area contributed by atoms with Gasteiger partial charge in [0.2, 0.25) is 0 Å². The third-order valence-electron chi connectivity index (χ3n) is 1.79. The van der Waals surface area contributed by atoms with Crippen LogP contribution in [0.2, 0.25) is 0 Å². The zero-order valence-corrected chi connectivity index (χ0v) is 7.62. The molecule has 1 aromatic carbocycles. The lowest BCUT2D eigenvalue weighted by Gasteiger charge is -2.07. The Labute approximate surface area is 77.7 Å². The van der Waals surface area contributed by atoms with Crippen LogP contribution in [-0.4, -0.2) is 13.5 Å². The first kappa shape index (κ1) is 9.74. The number of nitrogens with one attached hydrogen (secondary N) is 1. The third kappa shape index (κ3) is 2.87. The molecule has 0 saturated heterocycles. The van der Waals surface area contributed by atoms with Crippen molar-refractivity contribution in [2.75, 3.05) is 7.05 Å². The summed E-state index contributed by atoms with van der Waals surface area (Å²) in [6.45, 7) is 1.61. The summed E-state index contributed by atoms with van der Waals surface area (Å²) in [6.07, 6.45) is 0. The topological polar surface area (TPSA) is 38.3 Å². The van der Waals surface area contributed by atoms with Crippen molar-refractivity contribution in [1.29, 1.82) is 0 Å². The number of carbonyl (C=O) groups is 1. The molecule has 1 rings (SSSR count). The maximum absolute atomic E-state index is 10.0. The fourth-order valence-electron chi connectivity index (χ4n) is 1.19. The van der Waals surface area contributed by atoms with Gasteiger partial charge < -0.3 is 10.1 Å². The number of benzene rings is 1. The van der Waals surface area contributed by atoms with Crippen LogP contribution in [0.15, 0.2) is 24.3 Å². The second-order valence-corrected chi connectivity index (χ2v) is 2.71. The number of hydrogen-bond donors (Lipinski definition) is 1. The maximum Gasteiger partial charge on any atom is 0.293 e. The van der Waals surface area contributed by atoms with Gasteiger partial charge in [-0.05, 0) is 18.2 Å². The summed E-state index contributed by atoms with van der Waals surface area (Å²) in [5, 5.41) is 3.06. The molecule has 0 atom stereocenters. The average molecular weight is 179 g/mol. The number of carbonyl (C=O) groups excluding carboxylic acids is 1. The van der Waals surface area contributed by atoms with Gasteiger partial charge in [-0.2, -0.15) is 0 Å². The van der Waals surface area contributed by atoms with E-state index >= 15 is 0 Å². The largest absolute Gasteiger partial charge is 0.463 e. The van der Waals surface area contributed by atoms with Gasteiger partial charge in [0.25, 0.3) is 6.47 Å². The third-order valence-corrected chi connectivity index (χ3v) is 1.79. The van der Waals surface area contributed by atoms with Crippen molar-refractivity contribution in [1.82, 2.24) is 5.32 Å². The van der Waals surface area contributed by atoms with Crippen LogP contribution < -0.4 is 5.32 Å². The van der Waals surface area contributed by atoms with Crippen molar-refractivity contribution in [3.05, 3.63) is 35.4 Å². The molecule has 0 saturated carbocycles. The normalized spacial score (nSPS) is 9.62. The van der Waals surface area contributed by atoms with Crippen LogP contribution in [0.3, 0.4) is 0 Å². The van der Waals surface area contributed by atoms with E-state index in [4.69, 9.17) is 4.74 Å². The van der Waals surface area contributed by atoms with Gasteiger partial charge in [0.15, 0.2) is 0 Å². The minimum Gasteiger partial charge on any atom is -0.463 e. The monoisotopic (exact) mass is 179 g/mol. The highest BCUT2D eigenvalue weighted by atomic mass is 16.5. The van der Waals surface area contributed by atoms with Gasteiger partial charge >= 0.3 is 0 Å². The van der Waals surface area contributed by atoms with Crippen molar-refractivity contribution in [3.8, 4) is 0 Å². The molecule has 0 radical (unpaired) electrons. The van der Waals surface area contributed by atoms with E-state index in [0.717, 1.165) is 17.7 Å². The molecule has 0 spiro atoms. The second kappa shape index (κ2) is 5.32. The Kier molecular flexibility index (Phi) is 3.99. The minimum absolute atomic E-state index is 0.349. The Bertz CT molecular complexity index is 273. The Morgan fingerprint density at radius 2 is 2.08 bits per heavy atom. The van der Waals surface area contributed by atoms with E-state index in [2.05, 4.69) is 5.32 Å². The molecule has 0 aromatic heterocycles. The van der Waals surface area contributed by atoms with Crippen molar-refractivity contribution in [3.63, 3.8) is 0 Å². The van der Waals surface area contributed by atoms with E-state index in [1.54, 1.807) is 0 Å². The van der Waals surface area contributed by atoms with Gasteiger partial charge in [0, 0.05) is 6.54 Å². The Hall–Kier alpha value is -1.35. The highest BCUT2D eigenvalue weighted by molar-refractivity contribution is 5.38. The fraction of sp³-hybridized carbons (Fsp3) is 0.300. The summed E-state index contributed by atoms with van der Waals surface area (Å²) < 4.78 is 4.70. The zero-order chi connectivity index (χ0) is 9.52. The lowest BCUT2D eigenvalue weighted by atomic mass is 10.1. The average Bonchev–Trinajstić information content (AvgIpc) is 2.17. The number of rotatable bonds is 5. The van der Waals surface area contributed by atoms with Crippen LogP contribution in [0.4, 0.5) is 0 Å². The summed E-state index contributed by atoms with van der Waals surface area (Å²) in [4.78, 5) is 10.0. The molecule has 0 aliphatic rings. The van der Waals surface area contributed by atoms with Crippen LogP contribution in [0, 0.1) is 0 Å². The smallest absolute Gasteiger partial charge is 0.293 e. The molecule has 0 aliphatic carbocycles. The SMILES string of the molecule is CNCc1ccccc1COC=O. The molecule has 3 nitrogen and oxygen atoms in total. The van der Waals surface area contributed by atoms with Crippen LogP contribution in [-0.2, 0) is 22.7 Å². The number of ether oxygens (including phenoxy) is 1. The molecule has 70 valence electrons. The zero-order valence-electron chi connectivity index (χ0n) is 7.62. The Balaban J connectivity index is 2.71. The fourth-order valence-corrected chi connectivity index (χ4v) is 1.19. The van der Waals surface area contributed by atoms with Gasteiger partial charge in [0.1, 0.15) is 6.61 Å². The molecule has 0 heterocycles. The molecule has 13 heavy (non-hydrogen) atoms. The molecule has 1 aromatic rings. The molecule has 0 unspecified atom stereocenters. The highest BCUT2D eigenvalue weighted by Crippen LogP contribution is 2.09. The Morgan fingerprint density at radius 1 is 1.38 bits per heavy atom. The van der Waals surface area contributed by atoms with Gasteiger partial charge in [0.05, 0.1) is 0 Å². The molecular weight excluding hydrogens is 166 g/mol. The van der Waals surface area contributed by atoms with Gasteiger partial charge in [-0.15, -0.1) is 0 Å². The van der Waals surface area contributed by atoms with Crippen molar-refractivity contribution >= 4 is 6.47 Å². The number of hydrogen-bond acceptors (Lipinski definition) is 3. The van der Waals surface area contributed by atoms with E-state index in [-0.39, 0.29) is 0 Å². The van der Waals surface area contributed by atoms with E-state index in [9.17, 15) is 4.79 Å². The lowest BCUT2D eigenvalue weighted by molar-refractivity contribution is -0.129. The predicted octanol–water partition coefficient (Wildman–Crippen LogP) is 1.08. The summed E-state index contributed by atoms with van der Waals surface area (Å²) in [5.74, 6) is 0. The van der Waals surface area contributed by atoms with Crippen molar-refractivity contribution in [2.45, 2.75) is 13.2 Å². The molecule has 3 heteroatoms. The van der Waals surface area contributed by atoms with Gasteiger partial charge in [-0.3, -0.25) is 4.79 Å². The van der Waals surface area contributed by atoms with E-state index in [1.807, 2.05) is 31.3 Å². The van der Waals surface area contributed by atoms with E-state index in [1.165, 1.54) is 0 Å². The first-order valence-corrected chi connectivity index (χ1v) is 4.15. The van der Waals surface area contributed by atoms with Gasteiger partial charge in [-0.1, -0.05) is 24.3 Å². The molecule has 1 N–H and O–H groups in total. The minimum atomic E-state index is 0.349. The quantitative estimate of drug-likeness (QED) is 0.687. The maximum atomic E-state index is 10.0. The van der Waals surface area contributed by atoms with Crippen molar-refractivity contribution < 1.29 is 9.53 Å². The summed E-state index contributed by atoms with van der Waals surface area (Å²) in [7, 11) is 1.89. The van der Waals surface area contributed by atoms with Crippen molar-refractivity contribution in [2.24, 2.45) is 0 Å². The molecule has 0 amide bonds. The van der Waals surface area contributed by atoms with Crippen LogP contribution in [0.25, 0.3) is 0 Å². The van der Waals surface area contributed by atoms with Gasteiger partial charge in [-0.25, -0.2) is 0 Å². The molecule has 0 bridgehead atoms. The van der Waals surface area contributed by atoms with Crippen LogP contribution in [0.1, 0.15) is 11.1 Å². The van der Waals surface area contributed by atoms with E-state index < -0.39 is 0 Å². The molecule has 0 aliphatic heterocycles. The van der Waals surface area contributed by atoms with E-state index in [0.29, 0.717) is 13.1 Å². The summed E-state index contributed by atoms with van der Waals surface area (Å²) in [5.41, 5.74) is 2.20. The standard InChI is InChI=1S/C10H13NO2/c1-11-6-9-4-2-3-5-10(9)7-13-8-12/h2-5,8,11H,6-7H2,1H3. The lowest BCUT2D eigenvalue weighted by Crippen LogP contribution is -2.08. The Morgan fingerprint density at radius 3 is 2.69 bits per heavy atom. The summed E-state index contributed by atoms with van der Waals surface area (Å²) >= 11 is 0. The first-order valence-electron chi connectivity index (χ1n) is 4.15. The summed E-state index contributed by atoms with van der Waals surface area (Å²) in [6, 6.07) is 7.87. The van der Waals surface area contributed by atoms with Crippen LogP contribution in [0.5, 0.6) is 0 Å². The predicted molar refractivity (Wildman–Crippen MR) is 50.1 cm³/mol. The second-order valence-electron chi connectivity index (χ2n) is 2.71. The highest BCUT2D eigenvalue weighted by Gasteiger charge is 1.99.